The molecule has 28 heavy (non-hydrogen) atoms. The molecule has 0 spiro atoms. The van der Waals surface area contributed by atoms with E-state index in [9.17, 15) is 4.79 Å². The molecule has 5 nitrogen and oxygen atoms in total. The number of carboxylic acids is 1. The number of rotatable bonds is 6. The summed E-state index contributed by atoms with van der Waals surface area (Å²) in [4.78, 5) is 17.4. The molecule has 2 heterocycles. The summed E-state index contributed by atoms with van der Waals surface area (Å²) < 4.78 is 5.49. The lowest BCUT2D eigenvalue weighted by molar-refractivity contribution is -0.136. The van der Waals surface area contributed by atoms with E-state index in [1.807, 2.05) is 49.4 Å². The fourth-order valence-corrected chi connectivity index (χ4v) is 3.96. The van der Waals surface area contributed by atoms with E-state index in [1.54, 1.807) is 11.3 Å². The van der Waals surface area contributed by atoms with Crippen molar-refractivity contribution in [2.45, 2.75) is 19.8 Å². The molecule has 0 saturated heterocycles. The number of aromatic nitrogens is 2. The summed E-state index contributed by atoms with van der Waals surface area (Å²) in [6.45, 7) is 1.97. The van der Waals surface area contributed by atoms with Crippen LogP contribution in [0.25, 0.3) is 32.6 Å². The second kappa shape index (κ2) is 7.78. The van der Waals surface area contributed by atoms with Crippen LogP contribution in [0.3, 0.4) is 0 Å². The monoisotopic (exact) mass is 390 g/mol. The van der Waals surface area contributed by atoms with Gasteiger partial charge in [-0.1, -0.05) is 53.7 Å². The van der Waals surface area contributed by atoms with Gasteiger partial charge in [0, 0.05) is 16.9 Å². The van der Waals surface area contributed by atoms with Gasteiger partial charge in [-0.2, -0.15) is 4.98 Å². The van der Waals surface area contributed by atoms with Crippen LogP contribution in [-0.2, 0) is 11.2 Å². The highest BCUT2D eigenvalue weighted by atomic mass is 32.1. The van der Waals surface area contributed by atoms with Crippen molar-refractivity contribution in [1.29, 1.82) is 0 Å². The highest BCUT2D eigenvalue weighted by Crippen LogP contribution is 2.34. The first-order valence-electron chi connectivity index (χ1n) is 8.91. The summed E-state index contributed by atoms with van der Waals surface area (Å²) in [7, 11) is 0. The van der Waals surface area contributed by atoms with E-state index in [-0.39, 0.29) is 6.42 Å². The van der Waals surface area contributed by atoms with Gasteiger partial charge >= 0.3 is 5.97 Å². The van der Waals surface area contributed by atoms with Crippen LogP contribution in [0.5, 0.6) is 0 Å². The Bertz CT molecular complexity index is 1120. The zero-order valence-corrected chi connectivity index (χ0v) is 16.1. The molecule has 0 unspecified atom stereocenters. The van der Waals surface area contributed by atoms with Crippen LogP contribution in [0.15, 0.2) is 65.2 Å². The Hall–Kier alpha value is -3.25. The van der Waals surface area contributed by atoms with Gasteiger partial charge in [0.1, 0.15) is 0 Å². The number of carbonyl (C=O) groups is 1. The van der Waals surface area contributed by atoms with Crippen LogP contribution >= 0.6 is 11.3 Å². The zero-order chi connectivity index (χ0) is 19.5. The third-order valence-electron chi connectivity index (χ3n) is 4.46. The molecule has 2 aromatic heterocycles. The lowest BCUT2D eigenvalue weighted by Crippen LogP contribution is -1.98. The summed E-state index contributed by atoms with van der Waals surface area (Å²) >= 11 is 1.61. The summed E-state index contributed by atoms with van der Waals surface area (Å²) in [5.41, 5.74) is 4.02. The average Bonchev–Trinajstić information content (AvgIpc) is 3.37. The van der Waals surface area contributed by atoms with Crippen LogP contribution in [0.2, 0.25) is 0 Å². The number of thiophene rings is 1. The zero-order valence-electron chi connectivity index (χ0n) is 15.3. The Morgan fingerprint density at radius 3 is 2.61 bits per heavy atom. The van der Waals surface area contributed by atoms with Crippen LogP contribution in [0, 0.1) is 6.92 Å². The number of hydrogen-bond donors (Lipinski definition) is 1. The predicted molar refractivity (Wildman–Crippen MR) is 109 cm³/mol. The number of hydrogen-bond acceptors (Lipinski definition) is 5. The Labute approximate surface area is 166 Å². The SMILES string of the molecule is Cc1cc(CCC(=O)O)ccc1-c1noc(-c2ccc(-c3ccccc3)s2)n1. The number of aliphatic carboxylic acids is 1. The normalized spacial score (nSPS) is 10.9. The lowest BCUT2D eigenvalue weighted by Gasteiger charge is -2.04. The van der Waals surface area contributed by atoms with Crippen LogP contribution in [0.1, 0.15) is 17.5 Å². The van der Waals surface area contributed by atoms with E-state index < -0.39 is 5.97 Å². The third kappa shape index (κ3) is 3.87. The van der Waals surface area contributed by atoms with Crippen molar-refractivity contribution >= 4 is 17.3 Å². The predicted octanol–water partition coefficient (Wildman–Crippen LogP) is 5.46. The molecular weight excluding hydrogens is 372 g/mol. The quantitative estimate of drug-likeness (QED) is 0.473. The van der Waals surface area contributed by atoms with Crippen molar-refractivity contribution in [1.82, 2.24) is 10.1 Å². The molecule has 2 aromatic carbocycles. The summed E-state index contributed by atoms with van der Waals surface area (Å²) in [6.07, 6.45) is 0.624. The maximum absolute atomic E-state index is 10.7. The molecule has 0 radical (unpaired) electrons. The number of carboxylic acid groups (broad SMARTS) is 1. The first-order chi connectivity index (χ1) is 13.6. The van der Waals surface area contributed by atoms with Crippen molar-refractivity contribution in [2.75, 3.05) is 0 Å². The van der Waals surface area contributed by atoms with Gasteiger partial charge in [-0.15, -0.1) is 11.3 Å². The molecule has 140 valence electrons. The minimum atomic E-state index is -0.796. The first kappa shape index (κ1) is 18.1. The maximum Gasteiger partial charge on any atom is 0.303 e. The highest BCUT2D eigenvalue weighted by Gasteiger charge is 2.15. The van der Waals surface area contributed by atoms with Crippen LogP contribution in [-0.4, -0.2) is 21.2 Å². The smallest absolute Gasteiger partial charge is 0.303 e. The lowest BCUT2D eigenvalue weighted by atomic mass is 10.0. The Morgan fingerprint density at radius 2 is 1.86 bits per heavy atom. The summed E-state index contributed by atoms with van der Waals surface area (Å²) in [5, 5.41) is 13.0. The van der Waals surface area contributed by atoms with Crippen molar-refractivity contribution < 1.29 is 14.4 Å². The molecule has 0 atom stereocenters. The van der Waals surface area contributed by atoms with E-state index in [2.05, 4.69) is 28.3 Å². The second-order valence-electron chi connectivity index (χ2n) is 6.50. The van der Waals surface area contributed by atoms with Crippen molar-refractivity contribution in [3.63, 3.8) is 0 Å². The molecule has 4 rings (SSSR count). The minimum absolute atomic E-state index is 0.118. The summed E-state index contributed by atoms with van der Waals surface area (Å²) in [5.74, 6) is 0.235. The van der Waals surface area contributed by atoms with Crippen LogP contribution < -0.4 is 0 Å². The van der Waals surface area contributed by atoms with Gasteiger partial charge in [-0.3, -0.25) is 4.79 Å². The van der Waals surface area contributed by atoms with E-state index >= 15 is 0 Å². The maximum atomic E-state index is 10.7. The van der Waals surface area contributed by atoms with Crippen molar-refractivity contribution in [3.8, 4) is 32.6 Å². The Morgan fingerprint density at radius 1 is 1.07 bits per heavy atom. The fourth-order valence-electron chi connectivity index (χ4n) is 3.03. The molecule has 0 aliphatic rings. The van der Waals surface area contributed by atoms with Crippen molar-refractivity contribution in [3.05, 3.63) is 71.8 Å². The van der Waals surface area contributed by atoms with Gasteiger partial charge in [0.25, 0.3) is 5.89 Å². The van der Waals surface area contributed by atoms with E-state index in [1.165, 1.54) is 0 Å². The number of nitrogens with zero attached hydrogens (tertiary/aromatic N) is 2. The van der Waals surface area contributed by atoms with Gasteiger partial charge in [0.15, 0.2) is 0 Å². The van der Waals surface area contributed by atoms with Gasteiger partial charge < -0.3 is 9.63 Å². The molecule has 0 amide bonds. The van der Waals surface area contributed by atoms with Gasteiger partial charge in [0.05, 0.1) is 4.88 Å². The molecule has 0 aliphatic carbocycles. The standard InChI is InChI=1S/C22H18N2O3S/c1-14-13-15(8-12-20(25)26)7-9-17(14)21-23-22(27-24-21)19-11-10-18(28-19)16-5-3-2-4-6-16/h2-7,9-11,13H,8,12H2,1H3,(H,25,26). The molecule has 0 bridgehead atoms. The van der Waals surface area contributed by atoms with Gasteiger partial charge in [-0.25, -0.2) is 0 Å². The van der Waals surface area contributed by atoms with E-state index in [0.717, 1.165) is 32.0 Å². The van der Waals surface area contributed by atoms with Crippen molar-refractivity contribution in [2.24, 2.45) is 0 Å². The highest BCUT2D eigenvalue weighted by molar-refractivity contribution is 7.18. The summed E-state index contributed by atoms with van der Waals surface area (Å²) in [6, 6.07) is 20.0. The molecule has 0 aliphatic heterocycles. The Kier molecular flexibility index (Phi) is 5.04. The van der Waals surface area contributed by atoms with E-state index in [0.29, 0.717) is 18.1 Å². The number of benzene rings is 2. The second-order valence-corrected chi connectivity index (χ2v) is 7.58. The van der Waals surface area contributed by atoms with Gasteiger partial charge in [0.2, 0.25) is 5.82 Å². The van der Waals surface area contributed by atoms with Crippen LogP contribution in [0.4, 0.5) is 0 Å². The topological polar surface area (TPSA) is 76.2 Å². The molecule has 4 aromatic rings. The van der Waals surface area contributed by atoms with E-state index in [4.69, 9.17) is 9.63 Å². The average molecular weight is 390 g/mol. The molecule has 1 N–H and O–H groups in total. The van der Waals surface area contributed by atoms with Gasteiger partial charge in [-0.05, 0) is 42.2 Å². The first-order valence-corrected chi connectivity index (χ1v) is 9.73. The third-order valence-corrected chi connectivity index (χ3v) is 5.58. The minimum Gasteiger partial charge on any atom is -0.481 e. The largest absolute Gasteiger partial charge is 0.481 e. The number of aryl methyl sites for hydroxylation is 2. The molecule has 0 saturated carbocycles. The molecule has 0 fully saturated rings. The Balaban J connectivity index is 1.56. The molecule has 6 heteroatoms. The fraction of sp³-hybridized carbons (Fsp3) is 0.136. The molecular formula is C22H18N2O3S.